The van der Waals surface area contributed by atoms with Gasteiger partial charge in [0.25, 0.3) is 0 Å². The van der Waals surface area contributed by atoms with Crippen molar-refractivity contribution >= 4 is 36.0 Å². The Morgan fingerprint density at radius 3 is 1.33 bits per heavy atom. The number of aromatic hydroxyl groups is 3. The summed E-state index contributed by atoms with van der Waals surface area (Å²) in [6, 6.07) is 19.3. The lowest BCUT2D eigenvalue weighted by Gasteiger charge is -2.39. The van der Waals surface area contributed by atoms with E-state index < -0.39 is 128 Å². The highest BCUT2D eigenvalue weighted by molar-refractivity contribution is 5.90. The molecule has 13 N–H and O–H groups in total. The average molecular weight is 1140 g/mol. The van der Waals surface area contributed by atoms with Gasteiger partial charge in [0.15, 0.2) is 11.5 Å². The first-order chi connectivity index (χ1) is 38.0. The molecule has 2 fully saturated rings. The predicted octanol–water partition coefficient (Wildman–Crippen LogP) is 0.343. The van der Waals surface area contributed by atoms with Crippen LogP contribution in [0.25, 0.3) is 12.2 Å². The van der Waals surface area contributed by atoms with Crippen molar-refractivity contribution in [2.45, 2.75) is 140 Å². The number of aliphatic hydroxyl groups is 10. The largest absolute Gasteiger partial charge is 0.508 e. The Kier molecular flexibility index (Phi) is 22.7. The molecule has 2 unspecified atom stereocenters. The molecule has 4 aromatic carbocycles. The van der Waals surface area contributed by atoms with Crippen molar-refractivity contribution in [3.63, 3.8) is 0 Å². The molecule has 6 rings (SSSR count). The van der Waals surface area contributed by atoms with E-state index in [0.717, 1.165) is 12.2 Å². The number of carbonyl (C=O) groups excluding carboxylic acids is 4. The van der Waals surface area contributed by atoms with E-state index in [-0.39, 0.29) is 41.8 Å². The molecule has 0 aliphatic carbocycles. The molecule has 2 aliphatic rings. The van der Waals surface area contributed by atoms with E-state index in [1.807, 2.05) is 0 Å². The summed E-state index contributed by atoms with van der Waals surface area (Å²) in [7, 11) is 0. The lowest BCUT2D eigenvalue weighted by Crippen LogP contribution is -2.60. The number of esters is 4. The number of carbonyl (C=O) groups is 4. The van der Waals surface area contributed by atoms with Crippen LogP contribution in [-0.2, 0) is 60.8 Å². The number of hydrogen-bond acceptors (Lipinski definition) is 25. The molecule has 25 nitrogen and oxygen atoms in total. The number of rotatable bonds is 20. The number of aliphatic hydroxyl groups excluding tert-OH is 8. The summed E-state index contributed by atoms with van der Waals surface area (Å²) >= 11 is 0. The molecule has 81 heavy (non-hydrogen) atoms. The SMILES string of the molecule is Cc1cc(/C=C/C(=O)OC(C(=O)OCc2ccc(O[C@@H]3O[C@H](CO)[C@@H](O)[C@H](O)[C@H]3O)c(O)c2)C(C)(C)O)ccc1O.Cc1cc(/C=C/C(=O)OC(C(=O)OCc2ccc(O[C@@H]3O[C@H](CO)[C@@H](O)[C@H](O)[C@H]3O)cc2)C(C)(C)O)ccc1O. The van der Waals surface area contributed by atoms with Gasteiger partial charge in [-0.05, 0) is 136 Å². The number of hydrogen-bond donors (Lipinski definition) is 13. The first kappa shape index (κ1) is 64.6. The van der Waals surface area contributed by atoms with Gasteiger partial charge in [-0.1, -0.05) is 30.3 Å². The van der Waals surface area contributed by atoms with E-state index >= 15 is 0 Å². The lowest BCUT2D eigenvalue weighted by atomic mass is 9.99. The lowest BCUT2D eigenvalue weighted by molar-refractivity contribution is -0.277. The fourth-order valence-corrected chi connectivity index (χ4v) is 7.63. The zero-order chi connectivity index (χ0) is 60.1. The van der Waals surface area contributed by atoms with Gasteiger partial charge in [-0.2, -0.15) is 0 Å². The van der Waals surface area contributed by atoms with E-state index in [9.17, 15) is 85.6 Å². The standard InChI is InChI=1S/C28H34O13.C28H34O12/c1-14-10-15(4-7-17(14)30)6-9-21(32)41-25(28(2,3)37)26(36)38-13-16-5-8-19(18(31)11-16)39-27-24(35)23(34)22(33)20(12-29)40-27;1-15-12-16(6-10-19(15)30)7-11-21(31)40-25(28(2,3)36)26(35)37-14-17-4-8-18(9-5-17)38-27-24(34)23(33)22(32)20(13-29)39-27/h4-11,20,22-25,27,29-31,33-35,37H,12-13H2,1-3H3;4-12,20,22-25,27,29-30,32-34,36H,13-14H2,1-3H3/b9-6+;11-7+/t2*20-,22-,23+,24-,25?,27-/m11/s1. The molecule has 0 saturated carbocycles. The van der Waals surface area contributed by atoms with Crippen LogP contribution < -0.4 is 9.47 Å². The first-order valence-corrected chi connectivity index (χ1v) is 25.0. The highest BCUT2D eigenvalue weighted by Gasteiger charge is 2.46. The average Bonchev–Trinajstić information content (AvgIpc) is 3.45. The normalized spacial score (nSPS) is 23.8. The third-order valence-electron chi connectivity index (χ3n) is 12.3. The molecule has 2 aliphatic heterocycles. The Morgan fingerprint density at radius 2 is 0.938 bits per heavy atom. The number of benzene rings is 4. The molecule has 0 aromatic heterocycles. The summed E-state index contributed by atoms with van der Waals surface area (Å²) < 4.78 is 42.2. The quantitative estimate of drug-likeness (QED) is 0.0322. The second kappa shape index (κ2) is 28.4. The minimum absolute atomic E-state index is 0.0962. The maximum atomic E-state index is 12.7. The van der Waals surface area contributed by atoms with Crippen LogP contribution in [0.3, 0.4) is 0 Å². The molecular formula is C56H68O25. The van der Waals surface area contributed by atoms with Gasteiger partial charge in [0.2, 0.25) is 24.8 Å². The molecule has 2 heterocycles. The summed E-state index contributed by atoms with van der Waals surface area (Å²) in [5, 5.41) is 129. The van der Waals surface area contributed by atoms with Gasteiger partial charge >= 0.3 is 23.9 Å². The third kappa shape index (κ3) is 18.1. The number of ether oxygens (including phenoxy) is 8. The summed E-state index contributed by atoms with van der Waals surface area (Å²) in [5.41, 5.74) is -0.343. The summed E-state index contributed by atoms with van der Waals surface area (Å²) in [5.74, 6) is -4.04. The maximum Gasteiger partial charge on any atom is 0.350 e. The van der Waals surface area contributed by atoms with Gasteiger partial charge in [-0.3, -0.25) is 0 Å². The van der Waals surface area contributed by atoms with Crippen LogP contribution in [0.1, 0.15) is 61.1 Å². The molecule has 25 heteroatoms. The zero-order valence-electron chi connectivity index (χ0n) is 44.8. The highest BCUT2D eigenvalue weighted by atomic mass is 16.7. The van der Waals surface area contributed by atoms with Crippen LogP contribution in [0, 0.1) is 13.8 Å². The summed E-state index contributed by atoms with van der Waals surface area (Å²) in [6.07, 6.45) is -13.1. The molecule has 2 saturated heterocycles. The van der Waals surface area contributed by atoms with Gasteiger partial charge in [0.05, 0.1) is 13.2 Å². The molecule has 12 atom stereocenters. The van der Waals surface area contributed by atoms with Gasteiger partial charge < -0.3 is 104 Å². The Labute approximate surface area is 464 Å². The van der Waals surface area contributed by atoms with Crippen LogP contribution in [0.2, 0.25) is 0 Å². The fraction of sp³-hybridized carbons (Fsp3) is 0.429. The smallest absolute Gasteiger partial charge is 0.350 e. The van der Waals surface area contributed by atoms with E-state index in [0.29, 0.717) is 27.8 Å². The minimum atomic E-state index is -1.80. The Balaban J connectivity index is 0.000000297. The molecule has 0 radical (unpaired) electrons. The van der Waals surface area contributed by atoms with E-state index in [1.165, 1.54) is 82.3 Å². The Hall–Kier alpha value is -7.24. The Bertz CT molecular complexity index is 2810. The van der Waals surface area contributed by atoms with Crippen LogP contribution in [0.4, 0.5) is 0 Å². The van der Waals surface area contributed by atoms with Crippen molar-refractivity contribution in [3.8, 4) is 28.7 Å². The van der Waals surface area contributed by atoms with E-state index in [1.54, 1.807) is 50.2 Å². The van der Waals surface area contributed by atoms with Gasteiger partial charge in [0, 0.05) is 12.2 Å². The van der Waals surface area contributed by atoms with Crippen molar-refractivity contribution in [3.05, 3.63) is 124 Å². The molecule has 0 amide bonds. The number of aryl methyl sites for hydroxylation is 2. The second-order valence-corrected chi connectivity index (χ2v) is 20.0. The van der Waals surface area contributed by atoms with Crippen molar-refractivity contribution in [2.75, 3.05) is 13.2 Å². The first-order valence-electron chi connectivity index (χ1n) is 25.0. The number of phenols is 3. The van der Waals surface area contributed by atoms with Crippen molar-refractivity contribution in [1.82, 2.24) is 0 Å². The van der Waals surface area contributed by atoms with E-state index in [4.69, 9.17) is 37.9 Å². The van der Waals surface area contributed by atoms with Crippen molar-refractivity contribution in [1.29, 1.82) is 0 Å². The van der Waals surface area contributed by atoms with Crippen LogP contribution in [0.15, 0.2) is 91.0 Å². The molecule has 0 spiro atoms. The summed E-state index contributed by atoms with van der Waals surface area (Å²) in [6.45, 7) is 6.63. The topological polar surface area (TPSA) is 405 Å². The van der Waals surface area contributed by atoms with Crippen LogP contribution in [0.5, 0.6) is 28.7 Å². The molecule has 442 valence electrons. The van der Waals surface area contributed by atoms with E-state index in [2.05, 4.69) is 0 Å². The van der Waals surface area contributed by atoms with Crippen molar-refractivity contribution in [2.24, 2.45) is 0 Å². The molecular weight excluding hydrogens is 1070 g/mol. The minimum Gasteiger partial charge on any atom is -0.508 e. The Morgan fingerprint density at radius 1 is 0.531 bits per heavy atom. The highest BCUT2D eigenvalue weighted by Crippen LogP contribution is 2.32. The summed E-state index contributed by atoms with van der Waals surface area (Å²) in [4.78, 5) is 50.1. The van der Waals surface area contributed by atoms with Gasteiger partial charge in [-0.25, -0.2) is 19.2 Å². The fourth-order valence-electron chi connectivity index (χ4n) is 7.63. The van der Waals surface area contributed by atoms with Crippen LogP contribution >= 0.6 is 0 Å². The van der Waals surface area contributed by atoms with Gasteiger partial charge in [-0.15, -0.1) is 0 Å². The van der Waals surface area contributed by atoms with Gasteiger partial charge in [0.1, 0.15) is 90.5 Å². The number of phenolic OH excluding ortho intramolecular Hbond substituents is 3. The zero-order valence-corrected chi connectivity index (χ0v) is 44.8. The van der Waals surface area contributed by atoms with Crippen LogP contribution in [-0.4, -0.2) is 188 Å². The predicted molar refractivity (Wildman–Crippen MR) is 279 cm³/mol. The maximum absolute atomic E-state index is 12.7. The monoisotopic (exact) mass is 1140 g/mol. The van der Waals surface area contributed by atoms with Crippen molar-refractivity contribution < 1.29 is 123 Å². The molecule has 0 bridgehead atoms. The second-order valence-electron chi connectivity index (χ2n) is 20.0. The third-order valence-corrected chi connectivity index (χ3v) is 12.3. The molecule has 4 aromatic rings.